The van der Waals surface area contributed by atoms with Crippen molar-refractivity contribution in [2.24, 2.45) is 10.4 Å². The highest BCUT2D eigenvalue weighted by atomic mass is 19.1. The SMILES string of the molecule is CN=C(NCc1cn(-c2ccc(F)cc2)nc1C)N1CCC2(CCOC2)C1. The van der Waals surface area contributed by atoms with E-state index in [4.69, 9.17) is 4.74 Å². The maximum atomic E-state index is 13.1. The summed E-state index contributed by atoms with van der Waals surface area (Å²) in [6, 6.07) is 6.35. The van der Waals surface area contributed by atoms with Crippen LogP contribution in [0.2, 0.25) is 0 Å². The summed E-state index contributed by atoms with van der Waals surface area (Å²) in [5.74, 6) is 0.678. The Balaban J connectivity index is 1.41. The van der Waals surface area contributed by atoms with Gasteiger partial charge in [0.2, 0.25) is 0 Å². The van der Waals surface area contributed by atoms with Crippen LogP contribution in [0.25, 0.3) is 5.69 Å². The molecule has 2 saturated heterocycles. The first-order valence-electron chi connectivity index (χ1n) is 9.43. The van der Waals surface area contributed by atoms with Crippen LogP contribution in [-0.4, -0.2) is 54.0 Å². The molecule has 1 N–H and O–H groups in total. The zero-order valence-corrected chi connectivity index (χ0v) is 15.9. The van der Waals surface area contributed by atoms with Crippen molar-refractivity contribution in [3.05, 3.63) is 47.5 Å². The molecule has 4 rings (SSSR count). The average Bonchev–Trinajstić information content (AvgIpc) is 3.39. The van der Waals surface area contributed by atoms with E-state index in [0.29, 0.717) is 12.0 Å². The van der Waals surface area contributed by atoms with Gasteiger partial charge in [0.15, 0.2) is 5.96 Å². The Morgan fingerprint density at radius 3 is 2.85 bits per heavy atom. The summed E-state index contributed by atoms with van der Waals surface area (Å²) in [5.41, 5.74) is 3.20. The Bertz CT molecular complexity index is 823. The van der Waals surface area contributed by atoms with Gasteiger partial charge >= 0.3 is 0 Å². The summed E-state index contributed by atoms with van der Waals surface area (Å²) in [7, 11) is 1.83. The highest BCUT2D eigenvalue weighted by Gasteiger charge is 2.42. The highest BCUT2D eigenvalue weighted by Crippen LogP contribution is 2.38. The lowest BCUT2D eigenvalue weighted by atomic mass is 9.87. The number of aliphatic imine (C=N–C) groups is 1. The molecule has 7 heteroatoms. The molecule has 0 amide bonds. The van der Waals surface area contributed by atoms with Crippen LogP contribution in [-0.2, 0) is 11.3 Å². The monoisotopic (exact) mass is 371 g/mol. The van der Waals surface area contributed by atoms with Crippen LogP contribution in [0.3, 0.4) is 0 Å². The first-order valence-corrected chi connectivity index (χ1v) is 9.43. The van der Waals surface area contributed by atoms with Crippen molar-refractivity contribution in [1.82, 2.24) is 20.0 Å². The van der Waals surface area contributed by atoms with Crippen LogP contribution in [0.1, 0.15) is 24.1 Å². The summed E-state index contributed by atoms with van der Waals surface area (Å²) in [5, 5.41) is 8.02. The zero-order chi connectivity index (χ0) is 18.9. The predicted octanol–water partition coefficient (Wildman–Crippen LogP) is 2.51. The van der Waals surface area contributed by atoms with Crippen LogP contribution in [0, 0.1) is 18.2 Å². The van der Waals surface area contributed by atoms with Crippen molar-refractivity contribution >= 4 is 5.96 Å². The smallest absolute Gasteiger partial charge is 0.193 e. The third-order valence-corrected chi connectivity index (χ3v) is 5.66. The van der Waals surface area contributed by atoms with Gasteiger partial charge in [0.25, 0.3) is 0 Å². The second-order valence-corrected chi connectivity index (χ2v) is 7.54. The topological polar surface area (TPSA) is 54.7 Å². The van der Waals surface area contributed by atoms with Gasteiger partial charge in [-0.15, -0.1) is 0 Å². The largest absolute Gasteiger partial charge is 0.381 e. The Morgan fingerprint density at radius 1 is 1.33 bits per heavy atom. The van der Waals surface area contributed by atoms with Gasteiger partial charge in [-0.3, -0.25) is 4.99 Å². The second kappa shape index (κ2) is 7.31. The number of halogens is 1. The fourth-order valence-corrected chi connectivity index (χ4v) is 3.99. The van der Waals surface area contributed by atoms with E-state index in [0.717, 1.165) is 62.0 Å². The molecule has 2 aliphatic heterocycles. The maximum Gasteiger partial charge on any atom is 0.193 e. The number of aryl methyl sites for hydroxylation is 1. The molecule has 1 spiro atoms. The van der Waals surface area contributed by atoms with Gasteiger partial charge in [-0.2, -0.15) is 5.10 Å². The summed E-state index contributed by atoms with van der Waals surface area (Å²) in [6.07, 6.45) is 4.29. The summed E-state index contributed by atoms with van der Waals surface area (Å²) >= 11 is 0. The quantitative estimate of drug-likeness (QED) is 0.665. The number of benzene rings is 1. The summed E-state index contributed by atoms with van der Waals surface area (Å²) in [6.45, 7) is 6.39. The van der Waals surface area contributed by atoms with Gasteiger partial charge in [0, 0.05) is 50.5 Å². The van der Waals surface area contributed by atoms with E-state index >= 15 is 0 Å². The number of nitrogens with zero attached hydrogens (tertiary/aromatic N) is 4. The van der Waals surface area contributed by atoms with E-state index < -0.39 is 0 Å². The van der Waals surface area contributed by atoms with Crippen LogP contribution in [0.15, 0.2) is 35.5 Å². The zero-order valence-electron chi connectivity index (χ0n) is 15.9. The third kappa shape index (κ3) is 3.69. The van der Waals surface area contributed by atoms with E-state index in [1.807, 2.05) is 20.2 Å². The van der Waals surface area contributed by atoms with Gasteiger partial charge in [0.05, 0.1) is 18.0 Å². The Morgan fingerprint density at radius 2 is 2.15 bits per heavy atom. The second-order valence-electron chi connectivity index (χ2n) is 7.54. The van der Waals surface area contributed by atoms with Crippen molar-refractivity contribution in [2.75, 3.05) is 33.4 Å². The number of hydrogen-bond donors (Lipinski definition) is 1. The molecule has 0 saturated carbocycles. The Hall–Kier alpha value is -2.41. The van der Waals surface area contributed by atoms with Crippen molar-refractivity contribution in [3.63, 3.8) is 0 Å². The molecule has 2 aromatic rings. The first kappa shape index (κ1) is 18.0. The maximum absolute atomic E-state index is 13.1. The lowest BCUT2D eigenvalue weighted by molar-refractivity contribution is 0.156. The van der Waals surface area contributed by atoms with Crippen LogP contribution in [0.4, 0.5) is 4.39 Å². The van der Waals surface area contributed by atoms with Crippen LogP contribution >= 0.6 is 0 Å². The van der Waals surface area contributed by atoms with Gasteiger partial charge in [0.1, 0.15) is 5.82 Å². The number of hydrogen-bond acceptors (Lipinski definition) is 3. The number of guanidine groups is 1. The fourth-order valence-electron chi connectivity index (χ4n) is 3.99. The van der Waals surface area contributed by atoms with Gasteiger partial charge in [-0.25, -0.2) is 9.07 Å². The van der Waals surface area contributed by atoms with E-state index in [-0.39, 0.29) is 5.82 Å². The molecular formula is C20H26FN5O. The Kier molecular flexibility index (Phi) is 4.86. The van der Waals surface area contributed by atoms with E-state index in [1.54, 1.807) is 16.8 Å². The van der Waals surface area contributed by atoms with E-state index in [2.05, 4.69) is 20.3 Å². The molecule has 2 aliphatic rings. The predicted molar refractivity (Wildman–Crippen MR) is 103 cm³/mol. The molecule has 1 aromatic carbocycles. The molecule has 1 aromatic heterocycles. The number of aromatic nitrogens is 2. The highest BCUT2D eigenvalue weighted by molar-refractivity contribution is 5.80. The van der Waals surface area contributed by atoms with Crippen LogP contribution < -0.4 is 5.32 Å². The lowest BCUT2D eigenvalue weighted by Gasteiger charge is -2.24. The summed E-state index contributed by atoms with van der Waals surface area (Å²) < 4.78 is 20.5. The van der Waals surface area contributed by atoms with Crippen molar-refractivity contribution < 1.29 is 9.13 Å². The van der Waals surface area contributed by atoms with E-state index in [9.17, 15) is 4.39 Å². The lowest BCUT2D eigenvalue weighted by Crippen LogP contribution is -2.41. The summed E-state index contributed by atoms with van der Waals surface area (Å²) in [4.78, 5) is 6.79. The van der Waals surface area contributed by atoms with Gasteiger partial charge < -0.3 is 15.0 Å². The average molecular weight is 371 g/mol. The van der Waals surface area contributed by atoms with Crippen molar-refractivity contribution in [1.29, 1.82) is 0 Å². The fraction of sp³-hybridized carbons (Fsp3) is 0.500. The van der Waals surface area contributed by atoms with Crippen LogP contribution in [0.5, 0.6) is 0 Å². The molecular weight excluding hydrogens is 345 g/mol. The minimum atomic E-state index is -0.246. The van der Waals surface area contributed by atoms with Crippen molar-refractivity contribution in [3.8, 4) is 5.69 Å². The standard InChI is InChI=1S/C20H26FN5O/c1-15-16(12-26(24-15)18-5-3-17(21)4-6-18)11-23-19(22-2)25-9-7-20(13-25)8-10-27-14-20/h3-6,12H,7-11,13-14H2,1-2H3,(H,22,23). The molecule has 27 heavy (non-hydrogen) atoms. The number of nitrogens with one attached hydrogen (secondary N) is 1. The first-order chi connectivity index (χ1) is 13.1. The normalized spacial score (nSPS) is 22.8. The molecule has 6 nitrogen and oxygen atoms in total. The molecule has 0 radical (unpaired) electrons. The molecule has 0 aliphatic carbocycles. The third-order valence-electron chi connectivity index (χ3n) is 5.66. The minimum Gasteiger partial charge on any atom is -0.381 e. The van der Waals surface area contributed by atoms with Crippen molar-refractivity contribution in [2.45, 2.75) is 26.3 Å². The minimum absolute atomic E-state index is 0.246. The molecule has 1 unspecified atom stereocenters. The number of rotatable bonds is 3. The van der Waals surface area contributed by atoms with Gasteiger partial charge in [-0.1, -0.05) is 0 Å². The number of likely N-dealkylation sites (tertiary alicyclic amines) is 1. The molecule has 0 bridgehead atoms. The number of ether oxygens (including phenoxy) is 1. The van der Waals surface area contributed by atoms with Gasteiger partial charge in [-0.05, 0) is 44.0 Å². The molecule has 2 fully saturated rings. The Labute approximate surface area is 159 Å². The van der Waals surface area contributed by atoms with E-state index in [1.165, 1.54) is 12.1 Å². The molecule has 3 heterocycles. The molecule has 1 atom stereocenters. The molecule has 144 valence electrons.